The highest BCUT2D eigenvalue weighted by Gasteiger charge is 2.26. The molecular weight excluding hydrogens is 274 g/mol. The minimum absolute atomic E-state index is 0.114. The van der Waals surface area contributed by atoms with E-state index in [4.69, 9.17) is 0 Å². The summed E-state index contributed by atoms with van der Waals surface area (Å²) >= 11 is 0. The molecule has 0 fully saturated rings. The molecular formula is C15H21NO5. The number of carbonyl (C=O) groups is 2. The minimum atomic E-state index is -0.932. The molecule has 0 aliphatic heterocycles. The zero-order valence-corrected chi connectivity index (χ0v) is 12.3. The van der Waals surface area contributed by atoms with Gasteiger partial charge < -0.3 is 20.6 Å². The highest BCUT2D eigenvalue weighted by Crippen LogP contribution is 2.27. The molecule has 0 saturated carbocycles. The van der Waals surface area contributed by atoms with E-state index in [1.54, 1.807) is 6.92 Å². The number of Topliss-reactive ketones (excluding diaryl/α,β-unsaturated/α-hetero) is 2. The third-order valence-corrected chi connectivity index (χ3v) is 3.39. The van der Waals surface area contributed by atoms with E-state index >= 15 is 0 Å². The summed E-state index contributed by atoms with van der Waals surface area (Å²) in [7, 11) is 0. The van der Waals surface area contributed by atoms with Crippen LogP contribution in [0.1, 0.15) is 32.4 Å². The van der Waals surface area contributed by atoms with E-state index in [1.807, 2.05) is 0 Å². The Kier molecular flexibility index (Phi) is 5.87. The number of carbonyl (C=O) groups excluding carboxylic acids is 2. The molecule has 0 amide bonds. The van der Waals surface area contributed by atoms with Gasteiger partial charge in [-0.05, 0) is 38.5 Å². The number of aliphatic hydroxyl groups is 1. The fraction of sp³-hybridized carbons (Fsp3) is 0.467. The standard InChI is InChI=1S/C15H21NO5/c1-8(15(9(2)17)10(3)18)16-7-14(21)11-4-5-12(19)13(20)6-11/h4-6,8,14-16,19-21H,7H2,1-3H3. The first-order valence-electron chi connectivity index (χ1n) is 6.68. The zero-order valence-electron chi connectivity index (χ0n) is 12.3. The second kappa shape index (κ2) is 7.19. The topological polar surface area (TPSA) is 107 Å². The van der Waals surface area contributed by atoms with Crippen LogP contribution in [0.5, 0.6) is 11.5 Å². The molecule has 2 atom stereocenters. The van der Waals surface area contributed by atoms with Gasteiger partial charge in [-0.15, -0.1) is 0 Å². The number of ketones is 2. The monoisotopic (exact) mass is 295 g/mol. The average molecular weight is 295 g/mol. The number of aromatic hydroxyl groups is 2. The van der Waals surface area contributed by atoms with Crippen molar-refractivity contribution in [2.24, 2.45) is 5.92 Å². The van der Waals surface area contributed by atoms with Crippen molar-refractivity contribution in [1.82, 2.24) is 5.32 Å². The lowest BCUT2D eigenvalue weighted by Gasteiger charge is -2.22. The molecule has 116 valence electrons. The van der Waals surface area contributed by atoms with Crippen LogP contribution in [-0.2, 0) is 9.59 Å². The van der Waals surface area contributed by atoms with Gasteiger partial charge in [0, 0.05) is 12.6 Å². The van der Waals surface area contributed by atoms with Crippen LogP contribution in [0.25, 0.3) is 0 Å². The third kappa shape index (κ3) is 4.54. The van der Waals surface area contributed by atoms with E-state index < -0.39 is 18.1 Å². The highest BCUT2D eigenvalue weighted by atomic mass is 16.3. The Hall–Kier alpha value is -1.92. The Bertz CT molecular complexity index is 515. The summed E-state index contributed by atoms with van der Waals surface area (Å²) in [5.74, 6) is -1.77. The van der Waals surface area contributed by atoms with Crippen LogP contribution in [0.3, 0.4) is 0 Å². The molecule has 0 saturated heterocycles. The zero-order chi connectivity index (χ0) is 16.2. The Morgan fingerprint density at radius 2 is 1.71 bits per heavy atom. The van der Waals surface area contributed by atoms with Crippen LogP contribution >= 0.6 is 0 Å². The molecule has 6 nitrogen and oxygen atoms in total. The molecule has 2 unspecified atom stereocenters. The van der Waals surface area contributed by atoms with Crippen molar-refractivity contribution in [2.45, 2.75) is 32.9 Å². The van der Waals surface area contributed by atoms with E-state index in [0.717, 1.165) is 0 Å². The van der Waals surface area contributed by atoms with Crippen molar-refractivity contribution in [3.63, 3.8) is 0 Å². The fourth-order valence-corrected chi connectivity index (χ4v) is 2.27. The number of hydrogen-bond acceptors (Lipinski definition) is 6. The predicted molar refractivity (Wildman–Crippen MR) is 77.0 cm³/mol. The predicted octanol–water partition coefficient (Wildman–Crippen LogP) is 0.903. The molecule has 0 aliphatic rings. The summed E-state index contributed by atoms with van der Waals surface area (Å²) < 4.78 is 0. The smallest absolute Gasteiger partial charge is 0.157 e. The lowest BCUT2D eigenvalue weighted by Crippen LogP contribution is -2.42. The van der Waals surface area contributed by atoms with Gasteiger partial charge in [0.1, 0.15) is 11.6 Å². The van der Waals surface area contributed by atoms with Crippen LogP contribution in [-0.4, -0.2) is 39.5 Å². The van der Waals surface area contributed by atoms with Gasteiger partial charge in [-0.25, -0.2) is 0 Å². The molecule has 0 heterocycles. The highest BCUT2D eigenvalue weighted by molar-refractivity contribution is 6.00. The number of nitrogens with one attached hydrogen (secondary N) is 1. The van der Waals surface area contributed by atoms with Gasteiger partial charge in [-0.3, -0.25) is 9.59 Å². The molecule has 0 aromatic heterocycles. The first-order chi connectivity index (χ1) is 9.73. The van der Waals surface area contributed by atoms with Crippen LogP contribution in [0.15, 0.2) is 18.2 Å². The molecule has 0 radical (unpaired) electrons. The number of hydrogen-bond donors (Lipinski definition) is 4. The second-order valence-electron chi connectivity index (χ2n) is 5.16. The van der Waals surface area contributed by atoms with Gasteiger partial charge in [0.05, 0.1) is 12.0 Å². The molecule has 1 aromatic rings. The summed E-state index contributed by atoms with van der Waals surface area (Å²) in [4.78, 5) is 22.9. The number of phenols is 2. The Labute approximate surface area is 123 Å². The van der Waals surface area contributed by atoms with Crippen molar-refractivity contribution in [3.8, 4) is 11.5 Å². The molecule has 0 spiro atoms. The van der Waals surface area contributed by atoms with Crippen LogP contribution < -0.4 is 5.32 Å². The SMILES string of the molecule is CC(=O)C(C(C)=O)C(C)NCC(O)c1ccc(O)c(O)c1. The molecule has 1 rings (SSSR count). The van der Waals surface area contributed by atoms with Gasteiger partial charge in [0.15, 0.2) is 11.5 Å². The van der Waals surface area contributed by atoms with Gasteiger partial charge in [0.25, 0.3) is 0 Å². The Morgan fingerprint density at radius 1 is 1.14 bits per heavy atom. The van der Waals surface area contributed by atoms with Crippen molar-refractivity contribution < 1.29 is 24.9 Å². The third-order valence-electron chi connectivity index (χ3n) is 3.39. The fourth-order valence-electron chi connectivity index (χ4n) is 2.27. The van der Waals surface area contributed by atoms with E-state index in [2.05, 4.69) is 5.32 Å². The first kappa shape index (κ1) is 17.1. The van der Waals surface area contributed by atoms with Crippen LogP contribution in [0.2, 0.25) is 0 Å². The quantitative estimate of drug-likeness (QED) is 0.440. The largest absolute Gasteiger partial charge is 0.504 e. The first-order valence-corrected chi connectivity index (χ1v) is 6.68. The van der Waals surface area contributed by atoms with E-state index in [-0.39, 0.29) is 29.6 Å². The summed E-state index contributed by atoms with van der Waals surface area (Å²) in [6, 6.07) is 3.63. The van der Waals surface area contributed by atoms with Crippen molar-refractivity contribution >= 4 is 11.6 Å². The minimum Gasteiger partial charge on any atom is -0.504 e. The van der Waals surface area contributed by atoms with Crippen molar-refractivity contribution in [1.29, 1.82) is 0 Å². The molecule has 0 bridgehead atoms. The van der Waals surface area contributed by atoms with Gasteiger partial charge >= 0.3 is 0 Å². The molecule has 6 heteroatoms. The molecule has 1 aromatic carbocycles. The summed E-state index contributed by atoms with van der Waals surface area (Å²) in [5.41, 5.74) is 0.423. The van der Waals surface area contributed by atoms with Gasteiger partial charge in [0.2, 0.25) is 0 Å². The maximum Gasteiger partial charge on any atom is 0.157 e. The average Bonchev–Trinajstić information content (AvgIpc) is 2.38. The number of aliphatic hydroxyl groups excluding tert-OH is 1. The summed E-state index contributed by atoms with van der Waals surface area (Å²) in [6.07, 6.45) is -0.932. The van der Waals surface area contributed by atoms with Crippen LogP contribution in [0.4, 0.5) is 0 Å². The summed E-state index contributed by atoms with van der Waals surface area (Å²) in [6.45, 7) is 4.54. The van der Waals surface area contributed by atoms with E-state index in [0.29, 0.717) is 5.56 Å². The second-order valence-corrected chi connectivity index (χ2v) is 5.16. The lowest BCUT2D eigenvalue weighted by molar-refractivity contribution is -0.131. The normalized spacial score (nSPS) is 14.0. The van der Waals surface area contributed by atoms with Gasteiger partial charge in [-0.2, -0.15) is 0 Å². The van der Waals surface area contributed by atoms with Crippen LogP contribution in [0, 0.1) is 5.92 Å². The van der Waals surface area contributed by atoms with E-state index in [1.165, 1.54) is 32.0 Å². The molecule has 21 heavy (non-hydrogen) atoms. The molecule has 4 N–H and O–H groups in total. The Balaban J connectivity index is 2.67. The maximum absolute atomic E-state index is 11.4. The number of benzene rings is 1. The van der Waals surface area contributed by atoms with Crippen molar-refractivity contribution in [2.75, 3.05) is 6.54 Å². The molecule has 0 aliphatic carbocycles. The van der Waals surface area contributed by atoms with E-state index in [9.17, 15) is 24.9 Å². The van der Waals surface area contributed by atoms with Gasteiger partial charge in [-0.1, -0.05) is 6.07 Å². The lowest BCUT2D eigenvalue weighted by atomic mass is 9.93. The van der Waals surface area contributed by atoms with Crippen molar-refractivity contribution in [3.05, 3.63) is 23.8 Å². The maximum atomic E-state index is 11.4. The number of rotatable bonds is 7. The number of phenolic OH excluding ortho intramolecular Hbond substituents is 2. The Morgan fingerprint density at radius 3 is 2.19 bits per heavy atom. The summed E-state index contributed by atoms with van der Waals surface area (Å²) in [5, 5.41) is 31.6.